The standard InChI is InChI=1S/C28H26F5N7O3/c1-11-18-19-25(36-21(11)16-4-6-35-39-16)40-9-27(10-41)5-3-17(38-27)23(40)12(2)42-26(19)37-22(20(18)30)14-7-13(34)8-15(29)24(14)43-28(31,32)33/h4,6-8,12,17,23,38,41H,3,5,9-10,34H2,1-2H3,(H,35,39)/t12-,17-,23+,27+/m0/s1. The minimum absolute atomic E-state index is 0.0350. The van der Waals surface area contributed by atoms with Gasteiger partial charge < -0.3 is 30.5 Å². The molecule has 7 rings (SSSR count). The first kappa shape index (κ1) is 27.6. The van der Waals surface area contributed by atoms with Gasteiger partial charge in [-0.1, -0.05) is 0 Å². The minimum atomic E-state index is -5.28. The maximum Gasteiger partial charge on any atom is 0.573 e. The van der Waals surface area contributed by atoms with Gasteiger partial charge in [-0.05, 0) is 44.4 Å². The Hall–Kier alpha value is -4.24. The summed E-state index contributed by atoms with van der Waals surface area (Å²) in [5.41, 5.74) is 4.76. The molecule has 0 saturated carbocycles. The number of ether oxygens (including phenoxy) is 2. The Kier molecular flexibility index (Phi) is 6.02. The van der Waals surface area contributed by atoms with Crippen LogP contribution in [0.5, 0.6) is 11.6 Å². The van der Waals surface area contributed by atoms with Gasteiger partial charge in [-0.15, -0.1) is 13.2 Å². The maximum atomic E-state index is 16.9. The van der Waals surface area contributed by atoms with E-state index in [1.54, 1.807) is 13.0 Å². The van der Waals surface area contributed by atoms with Crippen LogP contribution in [0.3, 0.4) is 0 Å². The number of aliphatic hydroxyl groups excluding tert-OH is 1. The normalized spacial score (nSPS) is 24.6. The van der Waals surface area contributed by atoms with E-state index in [-0.39, 0.29) is 41.0 Å². The molecular formula is C28H26F5N7O3. The van der Waals surface area contributed by atoms with Crippen molar-refractivity contribution in [3.05, 3.63) is 41.6 Å². The SMILES string of the molecule is Cc1c(-c2ccn[nH]2)nc2c3c(nc(-c4cc(N)cc(F)c4OC(F)(F)F)c(F)c13)O[C@@H](C)[C@@H]1[C@@H]3CC[C@](CO)(CN21)N3. The molecule has 4 atom stereocenters. The van der Waals surface area contributed by atoms with Crippen molar-refractivity contribution in [1.29, 1.82) is 0 Å². The lowest BCUT2D eigenvalue weighted by atomic mass is 9.94. The second-order valence-corrected chi connectivity index (χ2v) is 11.3. The first-order chi connectivity index (χ1) is 20.4. The Labute approximate surface area is 241 Å². The molecule has 6 heterocycles. The molecule has 0 radical (unpaired) electrons. The van der Waals surface area contributed by atoms with Gasteiger partial charge in [0.05, 0.1) is 40.5 Å². The molecule has 3 aliphatic heterocycles. The molecule has 1 aromatic carbocycles. The number of benzene rings is 1. The van der Waals surface area contributed by atoms with E-state index in [0.29, 0.717) is 41.8 Å². The number of hydrogen-bond acceptors (Lipinski definition) is 9. The molecule has 2 bridgehead atoms. The number of nitrogens with one attached hydrogen (secondary N) is 2. The third kappa shape index (κ3) is 4.24. The highest BCUT2D eigenvalue weighted by Gasteiger charge is 2.53. The van der Waals surface area contributed by atoms with Gasteiger partial charge in [-0.25, -0.2) is 18.7 Å². The number of piperazine rings is 1. The van der Waals surface area contributed by atoms with Gasteiger partial charge in [0.15, 0.2) is 17.4 Å². The number of nitrogens with two attached hydrogens (primary N) is 1. The number of pyridine rings is 2. The zero-order valence-corrected chi connectivity index (χ0v) is 22.9. The summed E-state index contributed by atoms with van der Waals surface area (Å²) in [6.45, 7) is 3.62. The second-order valence-electron chi connectivity index (χ2n) is 11.3. The van der Waals surface area contributed by atoms with E-state index < -0.39 is 46.6 Å². The van der Waals surface area contributed by atoms with Gasteiger partial charge in [0.2, 0.25) is 5.88 Å². The number of halogens is 5. The number of rotatable bonds is 4. The smallest absolute Gasteiger partial charge is 0.472 e. The average molecular weight is 604 g/mol. The number of aromatic nitrogens is 4. The van der Waals surface area contributed by atoms with Crippen molar-refractivity contribution in [2.75, 3.05) is 23.8 Å². The molecule has 0 unspecified atom stereocenters. The summed E-state index contributed by atoms with van der Waals surface area (Å²) < 4.78 is 82.2. The lowest BCUT2D eigenvalue weighted by molar-refractivity contribution is -0.275. The fourth-order valence-corrected chi connectivity index (χ4v) is 6.81. The zero-order valence-electron chi connectivity index (χ0n) is 22.9. The van der Waals surface area contributed by atoms with Crippen LogP contribution >= 0.6 is 0 Å². The molecule has 2 saturated heterocycles. The van der Waals surface area contributed by atoms with Crippen molar-refractivity contribution in [2.45, 2.75) is 56.8 Å². The zero-order chi connectivity index (χ0) is 30.4. The first-order valence-corrected chi connectivity index (χ1v) is 13.6. The molecule has 0 aliphatic carbocycles. The number of aromatic amines is 1. The minimum Gasteiger partial charge on any atom is -0.472 e. The molecule has 5 N–H and O–H groups in total. The fraction of sp³-hybridized carbons (Fsp3) is 0.393. The first-order valence-electron chi connectivity index (χ1n) is 13.6. The number of H-pyrrole nitrogens is 1. The maximum absolute atomic E-state index is 16.9. The van der Waals surface area contributed by atoms with Gasteiger partial charge >= 0.3 is 6.36 Å². The van der Waals surface area contributed by atoms with Crippen molar-refractivity contribution in [3.63, 3.8) is 0 Å². The van der Waals surface area contributed by atoms with E-state index >= 15 is 4.39 Å². The van der Waals surface area contributed by atoms with Crippen LogP contribution in [0.1, 0.15) is 25.3 Å². The van der Waals surface area contributed by atoms with E-state index in [9.17, 15) is 22.7 Å². The second kappa shape index (κ2) is 9.38. The van der Waals surface area contributed by atoms with Gasteiger partial charge in [0, 0.05) is 35.9 Å². The van der Waals surface area contributed by atoms with Crippen LogP contribution in [-0.2, 0) is 0 Å². The monoisotopic (exact) mass is 603 g/mol. The number of hydrogen-bond donors (Lipinski definition) is 4. The van der Waals surface area contributed by atoms with Crippen LogP contribution in [0.4, 0.5) is 33.5 Å². The van der Waals surface area contributed by atoms with Gasteiger partial charge in [0.25, 0.3) is 0 Å². The highest BCUT2D eigenvalue weighted by molar-refractivity contribution is 6.03. The van der Waals surface area contributed by atoms with Gasteiger partial charge in [0.1, 0.15) is 17.6 Å². The van der Waals surface area contributed by atoms with E-state index in [1.165, 1.54) is 6.20 Å². The summed E-state index contributed by atoms with van der Waals surface area (Å²) >= 11 is 0. The summed E-state index contributed by atoms with van der Waals surface area (Å²) in [7, 11) is 0. The highest BCUT2D eigenvalue weighted by Crippen LogP contribution is 2.49. The van der Waals surface area contributed by atoms with E-state index in [1.807, 2.05) is 11.8 Å². The highest BCUT2D eigenvalue weighted by atomic mass is 19.4. The van der Waals surface area contributed by atoms with Crippen LogP contribution in [0.2, 0.25) is 0 Å². The van der Waals surface area contributed by atoms with Crippen LogP contribution in [-0.4, -0.2) is 68.5 Å². The Morgan fingerprint density at radius 1 is 1.21 bits per heavy atom. The topological polar surface area (TPSA) is 134 Å². The van der Waals surface area contributed by atoms with Gasteiger partial charge in [-0.3, -0.25) is 5.10 Å². The van der Waals surface area contributed by atoms with E-state index in [2.05, 4.69) is 25.2 Å². The lowest BCUT2D eigenvalue weighted by Gasteiger charge is -2.47. The molecule has 43 heavy (non-hydrogen) atoms. The van der Waals surface area contributed by atoms with Gasteiger partial charge in [-0.2, -0.15) is 5.10 Å². The van der Waals surface area contributed by atoms with Crippen molar-refractivity contribution >= 4 is 22.3 Å². The Bertz CT molecular complexity index is 1770. The molecule has 3 aliphatic rings. The summed E-state index contributed by atoms with van der Waals surface area (Å²) in [5.74, 6) is -3.50. The fourth-order valence-electron chi connectivity index (χ4n) is 6.81. The molecule has 2 fully saturated rings. The molecule has 0 amide bonds. The Morgan fingerprint density at radius 2 is 2.00 bits per heavy atom. The molecule has 4 aromatic rings. The predicted octanol–water partition coefficient (Wildman–Crippen LogP) is 4.21. The van der Waals surface area contributed by atoms with Crippen molar-refractivity contribution in [1.82, 2.24) is 25.5 Å². The molecular weight excluding hydrogens is 577 g/mol. The summed E-state index contributed by atoms with van der Waals surface area (Å²) in [6, 6.07) is 2.85. The van der Waals surface area contributed by atoms with Crippen LogP contribution in [0.15, 0.2) is 24.4 Å². The molecule has 10 nitrogen and oxygen atoms in total. The largest absolute Gasteiger partial charge is 0.573 e. The Balaban J connectivity index is 1.56. The number of aliphatic hydroxyl groups is 1. The summed E-state index contributed by atoms with van der Waals surface area (Å²) in [6.07, 6.45) is -2.89. The Morgan fingerprint density at radius 3 is 2.70 bits per heavy atom. The number of anilines is 2. The van der Waals surface area contributed by atoms with E-state index in [0.717, 1.165) is 12.5 Å². The van der Waals surface area contributed by atoms with Crippen molar-refractivity contribution < 1.29 is 36.5 Å². The molecule has 3 aromatic heterocycles. The number of aryl methyl sites for hydroxylation is 1. The lowest BCUT2D eigenvalue weighted by Crippen LogP contribution is -2.68. The van der Waals surface area contributed by atoms with Crippen molar-refractivity contribution in [2.24, 2.45) is 0 Å². The number of fused-ring (bicyclic) bond motifs is 5. The average Bonchev–Trinajstić information content (AvgIpc) is 3.57. The molecule has 0 spiro atoms. The predicted molar refractivity (Wildman–Crippen MR) is 146 cm³/mol. The number of alkyl halides is 3. The third-order valence-corrected chi connectivity index (χ3v) is 8.59. The number of nitrogens with zero attached hydrogens (tertiary/aromatic N) is 4. The molecule has 15 heteroatoms. The van der Waals surface area contributed by atoms with E-state index in [4.69, 9.17) is 15.5 Å². The quantitative estimate of drug-likeness (QED) is 0.200. The number of nitrogen functional groups attached to an aromatic ring is 1. The van der Waals surface area contributed by atoms with Crippen LogP contribution < -0.4 is 25.4 Å². The molecule has 226 valence electrons. The van der Waals surface area contributed by atoms with Crippen LogP contribution in [0, 0.1) is 18.6 Å². The van der Waals surface area contributed by atoms with Crippen molar-refractivity contribution in [3.8, 4) is 34.3 Å². The van der Waals surface area contributed by atoms with Crippen LogP contribution in [0.25, 0.3) is 33.4 Å². The third-order valence-electron chi connectivity index (χ3n) is 8.59. The summed E-state index contributed by atoms with van der Waals surface area (Å²) in [5, 5.41) is 20.9. The summed E-state index contributed by atoms with van der Waals surface area (Å²) in [4.78, 5) is 11.3.